The second-order valence-electron chi connectivity index (χ2n) is 10.7. The fourth-order valence-electron chi connectivity index (χ4n) is 6.49. The van der Waals surface area contributed by atoms with Crippen molar-refractivity contribution in [3.63, 3.8) is 0 Å². The Hall–Kier alpha value is -1.04. The van der Waals surface area contributed by atoms with Gasteiger partial charge in [-0.05, 0) is 147 Å². The Morgan fingerprint density at radius 2 is 0.594 bits per heavy atom. The van der Waals surface area contributed by atoms with E-state index in [1.54, 1.807) is 0 Å². The van der Waals surface area contributed by atoms with Gasteiger partial charge in [0.25, 0.3) is 0 Å². The highest BCUT2D eigenvalue weighted by Gasteiger charge is 2.30. The van der Waals surface area contributed by atoms with Crippen LogP contribution in [0.25, 0.3) is 0 Å². The third kappa shape index (κ3) is 6.09. The molecule has 32 heavy (non-hydrogen) atoms. The highest BCUT2D eigenvalue weighted by Crippen LogP contribution is 2.49. The molecule has 0 atom stereocenters. The maximum atomic E-state index is 2.38. The molecular formula is C32H52. The molecule has 0 fully saturated rings. The van der Waals surface area contributed by atoms with Crippen LogP contribution in [-0.2, 0) is 0 Å². The number of unbranched alkanes of at least 4 members (excludes halogenated alkanes) is 4. The summed E-state index contributed by atoms with van der Waals surface area (Å²) in [6, 6.07) is 0. The second-order valence-corrected chi connectivity index (χ2v) is 10.7. The molecule has 0 unspecified atom stereocenters. The van der Waals surface area contributed by atoms with Crippen LogP contribution < -0.4 is 0 Å². The number of rotatable bonds is 12. The van der Waals surface area contributed by atoms with Crippen molar-refractivity contribution in [3.05, 3.63) is 44.6 Å². The van der Waals surface area contributed by atoms with Gasteiger partial charge < -0.3 is 0 Å². The molecule has 3 rings (SSSR count). The van der Waals surface area contributed by atoms with Gasteiger partial charge in [0.1, 0.15) is 0 Å². The smallest absolute Gasteiger partial charge is 0.0273 e. The summed E-state index contributed by atoms with van der Waals surface area (Å²) in [4.78, 5) is 0. The third-order valence-corrected chi connectivity index (χ3v) is 8.24. The summed E-state index contributed by atoms with van der Waals surface area (Å²) in [6.45, 7) is 9.52. The van der Waals surface area contributed by atoms with E-state index < -0.39 is 0 Å². The molecule has 0 heteroatoms. The largest absolute Gasteiger partial charge is 0.0654 e. The third-order valence-electron chi connectivity index (χ3n) is 8.24. The van der Waals surface area contributed by atoms with E-state index in [-0.39, 0.29) is 0 Å². The minimum absolute atomic E-state index is 1.32. The maximum Gasteiger partial charge on any atom is -0.0273 e. The Morgan fingerprint density at radius 3 is 0.781 bits per heavy atom. The highest BCUT2D eigenvalue weighted by molar-refractivity contribution is 5.61. The van der Waals surface area contributed by atoms with Crippen molar-refractivity contribution in [3.8, 4) is 0 Å². The number of allylic oxidation sites excluding steroid dienone is 8. The zero-order valence-corrected chi connectivity index (χ0v) is 22.1. The van der Waals surface area contributed by atoms with E-state index in [1.807, 2.05) is 44.6 Å². The van der Waals surface area contributed by atoms with Crippen LogP contribution in [0.15, 0.2) is 44.6 Å². The molecule has 0 nitrogen and oxygen atoms in total. The molecule has 0 aromatic rings. The van der Waals surface area contributed by atoms with Crippen LogP contribution in [0.2, 0.25) is 0 Å². The SMILES string of the molecule is CCCC/C1=C(\CCCC)C2=C(CCCC2)/C(CCCC)=C(/CCCC)C2=C1CCCC2. The van der Waals surface area contributed by atoms with E-state index in [0.29, 0.717) is 0 Å². The van der Waals surface area contributed by atoms with Gasteiger partial charge in [0.05, 0.1) is 0 Å². The first-order valence-electron chi connectivity index (χ1n) is 14.7. The molecular weight excluding hydrogens is 384 g/mol. The predicted molar refractivity (Wildman–Crippen MR) is 143 cm³/mol. The van der Waals surface area contributed by atoms with E-state index in [9.17, 15) is 0 Å². The quantitative estimate of drug-likeness (QED) is 0.285. The predicted octanol–water partition coefficient (Wildman–Crippen LogP) is 11.1. The van der Waals surface area contributed by atoms with Crippen molar-refractivity contribution < 1.29 is 0 Å². The molecule has 0 aromatic heterocycles. The summed E-state index contributed by atoms with van der Waals surface area (Å²) in [6.07, 6.45) is 27.1. The average molecular weight is 437 g/mol. The Kier molecular flexibility index (Phi) is 10.9. The first-order chi connectivity index (χ1) is 15.8. The molecule has 0 N–H and O–H groups in total. The van der Waals surface area contributed by atoms with E-state index in [1.165, 1.54) is 128 Å². The topological polar surface area (TPSA) is 0 Å². The summed E-state index contributed by atoms with van der Waals surface area (Å²) < 4.78 is 0. The molecule has 0 spiro atoms. The summed E-state index contributed by atoms with van der Waals surface area (Å²) in [7, 11) is 0. The van der Waals surface area contributed by atoms with Gasteiger partial charge in [-0.1, -0.05) is 53.4 Å². The highest BCUT2D eigenvalue weighted by atomic mass is 14.3. The summed E-state index contributed by atoms with van der Waals surface area (Å²) >= 11 is 0. The van der Waals surface area contributed by atoms with Crippen LogP contribution >= 0.6 is 0 Å². The van der Waals surface area contributed by atoms with Gasteiger partial charge in [0, 0.05) is 0 Å². The molecule has 0 amide bonds. The standard InChI is InChI=1S/C32H52/c1-5-9-17-25-26(18-10-6-2)30-22-15-16-24-32(30)28(20-12-8-4)27(19-11-7-3)31-23-14-13-21-29(25)31/h5-24H2,1-4H3/b26-25-,28-27-,29-25?,30-26?,31-27?,32-28?. The molecule has 0 saturated heterocycles. The van der Waals surface area contributed by atoms with Crippen LogP contribution in [0.1, 0.15) is 156 Å². The second kappa shape index (κ2) is 13.6. The van der Waals surface area contributed by atoms with E-state index in [4.69, 9.17) is 0 Å². The van der Waals surface area contributed by atoms with Gasteiger partial charge in [-0.3, -0.25) is 0 Å². The number of hydrogen-bond donors (Lipinski definition) is 0. The lowest BCUT2D eigenvalue weighted by molar-refractivity contribution is 0.623. The van der Waals surface area contributed by atoms with Crippen molar-refractivity contribution in [2.24, 2.45) is 0 Å². The lowest BCUT2D eigenvalue weighted by Crippen LogP contribution is -2.16. The molecule has 0 aliphatic heterocycles. The Morgan fingerprint density at radius 1 is 0.375 bits per heavy atom. The molecule has 3 aliphatic carbocycles. The Bertz CT molecular complexity index is 612. The van der Waals surface area contributed by atoms with E-state index in [0.717, 1.165) is 0 Å². The van der Waals surface area contributed by atoms with Crippen molar-refractivity contribution in [1.29, 1.82) is 0 Å². The Balaban J connectivity index is 2.28. The van der Waals surface area contributed by atoms with Crippen molar-refractivity contribution in [1.82, 2.24) is 0 Å². The van der Waals surface area contributed by atoms with Crippen LogP contribution in [0, 0.1) is 0 Å². The Labute approximate surface area is 200 Å². The van der Waals surface area contributed by atoms with Crippen molar-refractivity contribution >= 4 is 0 Å². The first-order valence-corrected chi connectivity index (χ1v) is 14.7. The van der Waals surface area contributed by atoms with Crippen molar-refractivity contribution in [2.75, 3.05) is 0 Å². The van der Waals surface area contributed by atoms with Gasteiger partial charge >= 0.3 is 0 Å². The lowest BCUT2D eigenvalue weighted by atomic mass is 9.70. The molecule has 180 valence electrons. The van der Waals surface area contributed by atoms with Gasteiger partial charge in [-0.15, -0.1) is 0 Å². The monoisotopic (exact) mass is 436 g/mol. The maximum absolute atomic E-state index is 2.38. The fraction of sp³-hybridized carbons (Fsp3) is 0.750. The molecule has 0 bridgehead atoms. The normalized spacial score (nSPS) is 24.4. The molecule has 0 saturated carbocycles. The van der Waals surface area contributed by atoms with Gasteiger partial charge in [-0.2, -0.15) is 0 Å². The van der Waals surface area contributed by atoms with Crippen LogP contribution in [-0.4, -0.2) is 0 Å². The van der Waals surface area contributed by atoms with Gasteiger partial charge in [-0.25, -0.2) is 0 Å². The van der Waals surface area contributed by atoms with Crippen LogP contribution in [0.4, 0.5) is 0 Å². The summed E-state index contributed by atoms with van der Waals surface area (Å²) in [5, 5.41) is 0. The summed E-state index contributed by atoms with van der Waals surface area (Å²) in [5.41, 5.74) is 14.7. The fourth-order valence-corrected chi connectivity index (χ4v) is 6.49. The van der Waals surface area contributed by atoms with Crippen LogP contribution in [0.5, 0.6) is 0 Å². The summed E-state index contributed by atoms with van der Waals surface area (Å²) in [5.74, 6) is 0. The molecule has 0 heterocycles. The van der Waals surface area contributed by atoms with Gasteiger partial charge in [0.2, 0.25) is 0 Å². The first kappa shape index (κ1) is 25.6. The average Bonchev–Trinajstić information content (AvgIpc) is 2.83. The minimum Gasteiger partial charge on any atom is -0.0654 e. The number of hydrogen-bond acceptors (Lipinski definition) is 0. The van der Waals surface area contributed by atoms with E-state index >= 15 is 0 Å². The molecule has 0 aromatic carbocycles. The van der Waals surface area contributed by atoms with E-state index in [2.05, 4.69) is 27.7 Å². The van der Waals surface area contributed by atoms with Gasteiger partial charge in [0.15, 0.2) is 0 Å². The molecule has 0 radical (unpaired) electrons. The van der Waals surface area contributed by atoms with Crippen molar-refractivity contribution in [2.45, 2.75) is 156 Å². The van der Waals surface area contributed by atoms with Crippen LogP contribution in [0.3, 0.4) is 0 Å². The lowest BCUT2D eigenvalue weighted by Gasteiger charge is -2.35. The zero-order valence-electron chi connectivity index (χ0n) is 22.1. The zero-order chi connectivity index (χ0) is 22.8. The minimum atomic E-state index is 1.32. The molecule has 3 aliphatic rings.